The molecule has 1 aromatic heterocycles. The summed E-state index contributed by atoms with van der Waals surface area (Å²) >= 11 is 0. The van der Waals surface area contributed by atoms with Gasteiger partial charge in [-0.25, -0.2) is 14.2 Å². The van der Waals surface area contributed by atoms with Crippen LogP contribution in [0.4, 0.5) is 4.39 Å². The van der Waals surface area contributed by atoms with Crippen LogP contribution in [0.1, 0.15) is 28.9 Å². The molecule has 14 heavy (non-hydrogen) atoms. The maximum absolute atomic E-state index is 13.7. The van der Waals surface area contributed by atoms with E-state index in [0.29, 0.717) is 18.4 Å². The van der Waals surface area contributed by atoms with Gasteiger partial charge in [0, 0.05) is 11.8 Å². The van der Waals surface area contributed by atoms with Gasteiger partial charge in [0.25, 0.3) is 0 Å². The van der Waals surface area contributed by atoms with Gasteiger partial charge in [-0.3, -0.25) is 0 Å². The molecule has 0 spiro atoms. The molecule has 0 aliphatic heterocycles. The van der Waals surface area contributed by atoms with Crippen molar-refractivity contribution in [3.05, 3.63) is 29.6 Å². The quantitative estimate of drug-likeness (QED) is 0.676. The Hall–Kier alpha value is -1.45. The second kappa shape index (κ2) is 3.04. The number of carbonyl (C=O) groups excluding carboxylic acids is 1. The Bertz CT molecular complexity index is 374. The van der Waals surface area contributed by atoms with E-state index in [1.807, 2.05) is 0 Å². The van der Waals surface area contributed by atoms with Crippen molar-refractivity contribution >= 4 is 5.97 Å². The van der Waals surface area contributed by atoms with Gasteiger partial charge in [0.1, 0.15) is 5.67 Å². The Labute approximate surface area is 80.9 Å². The van der Waals surface area contributed by atoms with Gasteiger partial charge < -0.3 is 4.74 Å². The number of halogens is 1. The summed E-state index contributed by atoms with van der Waals surface area (Å²) in [5.41, 5.74) is -0.903. The zero-order valence-corrected chi connectivity index (χ0v) is 7.79. The van der Waals surface area contributed by atoms with Gasteiger partial charge in [0.2, 0.25) is 0 Å². The molecule has 0 N–H and O–H groups in total. The van der Waals surface area contributed by atoms with E-state index in [2.05, 4.69) is 9.72 Å². The van der Waals surface area contributed by atoms with Gasteiger partial charge in [-0.05, 0) is 18.9 Å². The molecule has 74 valence electrons. The van der Waals surface area contributed by atoms with Gasteiger partial charge in [-0.2, -0.15) is 0 Å². The van der Waals surface area contributed by atoms with E-state index < -0.39 is 11.6 Å². The summed E-state index contributed by atoms with van der Waals surface area (Å²) in [7, 11) is 1.26. The number of nitrogens with zero attached hydrogens (tertiary/aromatic N) is 1. The molecule has 1 aliphatic rings. The topological polar surface area (TPSA) is 39.2 Å². The van der Waals surface area contributed by atoms with Crippen LogP contribution in [0.5, 0.6) is 0 Å². The van der Waals surface area contributed by atoms with Crippen LogP contribution in [0.25, 0.3) is 0 Å². The number of aromatic nitrogens is 1. The molecule has 0 bridgehead atoms. The zero-order valence-electron chi connectivity index (χ0n) is 7.79. The normalized spacial score (nSPS) is 17.6. The number of carbonyl (C=O) groups is 1. The van der Waals surface area contributed by atoms with Gasteiger partial charge in [0.15, 0.2) is 5.69 Å². The Morgan fingerprint density at radius 3 is 2.93 bits per heavy atom. The standard InChI is InChI=1S/C10H10FNO2/c1-14-9(13)8-7(3-2-6-12-8)10(11)4-5-10/h2-3,6H,4-5H2,1H3. The summed E-state index contributed by atoms with van der Waals surface area (Å²) in [6.07, 6.45) is 2.38. The molecular formula is C10H10FNO2. The van der Waals surface area contributed by atoms with E-state index in [0.717, 1.165) is 0 Å². The lowest BCUT2D eigenvalue weighted by Crippen LogP contribution is -2.12. The summed E-state index contributed by atoms with van der Waals surface area (Å²) in [6.45, 7) is 0. The Kier molecular flexibility index (Phi) is 1.98. The third kappa shape index (κ3) is 1.36. The summed E-state index contributed by atoms with van der Waals surface area (Å²) in [5, 5.41) is 0. The number of hydrogen-bond donors (Lipinski definition) is 0. The first-order valence-corrected chi connectivity index (χ1v) is 4.40. The number of methoxy groups -OCH3 is 1. The molecule has 0 saturated heterocycles. The number of pyridine rings is 1. The van der Waals surface area contributed by atoms with Gasteiger partial charge in [0.05, 0.1) is 7.11 Å². The minimum absolute atomic E-state index is 0.0926. The maximum Gasteiger partial charge on any atom is 0.357 e. The fraction of sp³-hybridized carbons (Fsp3) is 0.400. The average Bonchev–Trinajstić information content (AvgIpc) is 2.97. The second-order valence-corrected chi connectivity index (χ2v) is 3.36. The van der Waals surface area contributed by atoms with Crippen LogP contribution in [0.15, 0.2) is 18.3 Å². The fourth-order valence-electron chi connectivity index (χ4n) is 1.41. The highest BCUT2D eigenvalue weighted by Crippen LogP contribution is 2.50. The van der Waals surface area contributed by atoms with Gasteiger partial charge in [-0.15, -0.1) is 0 Å². The van der Waals surface area contributed by atoms with Crippen LogP contribution < -0.4 is 0 Å². The van der Waals surface area contributed by atoms with E-state index in [1.54, 1.807) is 12.1 Å². The van der Waals surface area contributed by atoms with Crippen LogP contribution >= 0.6 is 0 Å². The first-order valence-electron chi connectivity index (χ1n) is 4.40. The number of ether oxygens (including phenoxy) is 1. The lowest BCUT2D eigenvalue weighted by molar-refractivity contribution is 0.0589. The van der Waals surface area contributed by atoms with Crippen molar-refractivity contribution in [1.29, 1.82) is 0 Å². The fourth-order valence-corrected chi connectivity index (χ4v) is 1.41. The SMILES string of the molecule is COC(=O)c1ncccc1C1(F)CC1. The smallest absolute Gasteiger partial charge is 0.357 e. The van der Waals surface area contributed by atoms with E-state index in [1.165, 1.54) is 13.3 Å². The zero-order chi connectivity index (χ0) is 10.2. The molecule has 1 aliphatic carbocycles. The summed E-state index contributed by atoms with van der Waals surface area (Å²) in [5.74, 6) is -0.579. The second-order valence-electron chi connectivity index (χ2n) is 3.36. The van der Waals surface area contributed by atoms with Crippen LogP contribution in [0, 0.1) is 0 Å². The predicted octanol–water partition coefficient (Wildman–Crippen LogP) is 1.83. The van der Waals surface area contributed by atoms with Crippen LogP contribution in [-0.4, -0.2) is 18.1 Å². The highest BCUT2D eigenvalue weighted by atomic mass is 19.1. The predicted molar refractivity (Wildman–Crippen MR) is 47.6 cm³/mol. The minimum Gasteiger partial charge on any atom is -0.464 e. The summed E-state index contributed by atoms with van der Waals surface area (Å²) in [4.78, 5) is 15.1. The van der Waals surface area contributed by atoms with E-state index >= 15 is 0 Å². The minimum atomic E-state index is -1.35. The molecule has 1 fully saturated rings. The molecule has 0 unspecified atom stereocenters. The van der Waals surface area contributed by atoms with E-state index in [4.69, 9.17) is 0 Å². The molecule has 0 radical (unpaired) electrons. The molecule has 0 aromatic carbocycles. The molecule has 0 amide bonds. The van der Waals surface area contributed by atoms with Crippen LogP contribution in [0.3, 0.4) is 0 Å². The largest absolute Gasteiger partial charge is 0.464 e. The number of alkyl halides is 1. The number of esters is 1. The molecule has 1 heterocycles. The monoisotopic (exact) mass is 195 g/mol. The van der Waals surface area contributed by atoms with Gasteiger partial charge >= 0.3 is 5.97 Å². The molecule has 2 rings (SSSR count). The van der Waals surface area contributed by atoms with E-state index in [-0.39, 0.29) is 5.69 Å². The molecular weight excluding hydrogens is 185 g/mol. The molecule has 0 atom stereocenters. The van der Waals surface area contributed by atoms with Crippen molar-refractivity contribution in [2.24, 2.45) is 0 Å². The lowest BCUT2D eigenvalue weighted by atomic mass is 10.1. The highest BCUT2D eigenvalue weighted by molar-refractivity contribution is 5.89. The Morgan fingerprint density at radius 1 is 1.64 bits per heavy atom. The van der Waals surface area contributed by atoms with Crippen LogP contribution in [0.2, 0.25) is 0 Å². The van der Waals surface area contributed by atoms with Crippen LogP contribution in [-0.2, 0) is 10.4 Å². The Morgan fingerprint density at radius 2 is 2.36 bits per heavy atom. The molecule has 1 aromatic rings. The first kappa shape index (κ1) is 9.12. The molecule has 4 heteroatoms. The third-order valence-electron chi connectivity index (χ3n) is 2.36. The van der Waals surface area contributed by atoms with Crippen molar-refractivity contribution in [3.8, 4) is 0 Å². The van der Waals surface area contributed by atoms with Crippen molar-refractivity contribution in [1.82, 2.24) is 4.98 Å². The number of hydrogen-bond acceptors (Lipinski definition) is 3. The van der Waals surface area contributed by atoms with Crippen molar-refractivity contribution < 1.29 is 13.9 Å². The lowest BCUT2D eigenvalue weighted by Gasteiger charge is -2.08. The van der Waals surface area contributed by atoms with E-state index in [9.17, 15) is 9.18 Å². The van der Waals surface area contributed by atoms with Gasteiger partial charge in [-0.1, -0.05) is 6.07 Å². The Balaban J connectivity index is 2.44. The third-order valence-corrected chi connectivity index (χ3v) is 2.36. The highest BCUT2D eigenvalue weighted by Gasteiger charge is 2.47. The summed E-state index contributed by atoms with van der Waals surface area (Å²) in [6, 6.07) is 3.22. The molecule has 3 nitrogen and oxygen atoms in total. The summed E-state index contributed by atoms with van der Waals surface area (Å²) < 4.78 is 18.3. The number of rotatable bonds is 2. The molecule has 1 saturated carbocycles. The average molecular weight is 195 g/mol. The van der Waals surface area contributed by atoms with Crippen molar-refractivity contribution in [3.63, 3.8) is 0 Å². The first-order chi connectivity index (χ1) is 6.67. The maximum atomic E-state index is 13.7. The van der Waals surface area contributed by atoms with Crippen molar-refractivity contribution in [2.75, 3.05) is 7.11 Å². The van der Waals surface area contributed by atoms with Crippen molar-refractivity contribution in [2.45, 2.75) is 18.5 Å².